The smallest absolute Gasteiger partial charge is 0.254 e. The van der Waals surface area contributed by atoms with Crippen LogP contribution in [0.5, 0.6) is 5.75 Å². The minimum Gasteiger partial charge on any atom is -0.507 e. The average molecular weight is 349 g/mol. The Labute approximate surface area is 125 Å². The molecular formula is C13H15BrClNO3. The van der Waals surface area contributed by atoms with Crippen molar-refractivity contribution in [3.63, 3.8) is 0 Å². The van der Waals surface area contributed by atoms with Gasteiger partial charge in [0.1, 0.15) is 5.75 Å². The molecule has 1 aliphatic rings. The van der Waals surface area contributed by atoms with E-state index in [9.17, 15) is 9.90 Å². The average Bonchev–Trinajstić information content (AvgIpc) is 2.41. The Kier molecular flexibility index (Phi) is 4.71. The fourth-order valence-electron chi connectivity index (χ4n) is 2.01. The van der Waals surface area contributed by atoms with Crippen molar-refractivity contribution in [1.29, 1.82) is 0 Å². The van der Waals surface area contributed by atoms with Gasteiger partial charge in [0.05, 0.1) is 29.1 Å². The Bertz CT molecular complexity index is 483. The zero-order chi connectivity index (χ0) is 14.0. The van der Waals surface area contributed by atoms with Gasteiger partial charge in [-0.05, 0) is 41.1 Å². The molecule has 0 aromatic heterocycles. The summed E-state index contributed by atoms with van der Waals surface area (Å²) in [6.45, 7) is 2.88. The van der Waals surface area contributed by atoms with Gasteiger partial charge < -0.3 is 14.7 Å². The van der Waals surface area contributed by atoms with Crippen LogP contribution in [0, 0.1) is 0 Å². The molecule has 19 heavy (non-hydrogen) atoms. The molecule has 0 bridgehead atoms. The highest BCUT2D eigenvalue weighted by Gasteiger charge is 2.30. The number of nitrogens with zero attached hydrogens (tertiary/aromatic N) is 1. The van der Waals surface area contributed by atoms with E-state index < -0.39 is 0 Å². The number of ether oxygens (including phenoxy) is 1. The molecule has 2 atom stereocenters. The number of carbonyl (C=O) groups is 1. The largest absolute Gasteiger partial charge is 0.507 e. The van der Waals surface area contributed by atoms with Crippen molar-refractivity contribution in [3.05, 3.63) is 28.2 Å². The highest BCUT2D eigenvalue weighted by atomic mass is 79.9. The summed E-state index contributed by atoms with van der Waals surface area (Å²) in [5.41, 5.74) is 0.461. The second-order valence-electron chi connectivity index (χ2n) is 4.58. The highest BCUT2D eigenvalue weighted by molar-refractivity contribution is 9.10. The lowest BCUT2D eigenvalue weighted by atomic mass is 10.1. The maximum absolute atomic E-state index is 12.4. The third kappa shape index (κ3) is 3.22. The first-order chi connectivity index (χ1) is 9.02. The quantitative estimate of drug-likeness (QED) is 0.836. The molecule has 0 saturated carbocycles. The number of rotatable bonds is 2. The standard InChI is InChI=1S/C13H15BrClNO3/c1-8-7-19-10(5-15)6-16(8)13(18)9-2-3-11(14)12(17)4-9/h2-4,8,10,17H,5-7H2,1H3. The van der Waals surface area contributed by atoms with Crippen LogP contribution in [-0.2, 0) is 4.74 Å². The predicted molar refractivity (Wildman–Crippen MR) is 76.8 cm³/mol. The summed E-state index contributed by atoms with van der Waals surface area (Å²) < 4.78 is 6.08. The number of hydrogen-bond donors (Lipinski definition) is 1. The van der Waals surface area contributed by atoms with Crippen LogP contribution in [-0.4, -0.2) is 47.1 Å². The molecule has 1 aromatic rings. The van der Waals surface area contributed by atoms with Crippen LogP contribution in [0.25, 0.3) is 0 Å². The molecule has 1 amide bonds. The van der Waals surface area contributed by atoms with Crippen LogP contribution in [0.3, 0.4) is 0 Å². The van der Waals surface area contributed by atoms with Crippen molar-refractivity contribution in [2.75, 3.05) is 19.0 Å². The zero-order valence-corrected chi connectivity index (χ0v) is 12.8. The fraction of sp³-hybridized carbons (Fsp3) is 0.462. The Morgan fingerprint density at radius 3 is 3.00 bits per heavy atom. The van der Waals surface area contributed by atoms with E-state index in [2.05, 4.69) is 15.9 Å². The monoisotopic (exact) mass is 347 g/mol. The molecule has 0 spiro atoms. The van der Waals surface area contributed by atoms with Crippen LogP contribution in [0.15, 0.2) is 22.7 Å². The number of amides is 1. The van der Waals surface area contributed by atoms with Crippen LogP contribution in [0.4, 0.5) is 0 Å². The number of hydrogen-bond acceptors (Lipinski definition) is 3. The SMILES string of the molecule is CC1COC(CCl)CN1C(=O)c1ccc(Br)c(O)c1. The third-order valence-corrected chi connectivity index (χ3v) is 4.15. The van der Waals surface area contributed by atoms with Crippen molar-refractivity contribution in [1.82, 2.24) is 4.90 Å². The number of phenols is 1. The third-order valence-electron chi connectivity index (χ3n) is 3.13. The summed E-state index contributed by atoms with van der Waals surface area (Å²) in [5.74, 6) is 0.302. The number of alkyl halides is 1. The molecule has 1 fully saturated rings. The normalized spacial score (nSPS) is 23.4. The van der Waals surface area contributed by atoms with E-state index in [4.69, 9.17) is 16.3 Å². The number of phenolic OH excluding ortho intramolecular Hbond substituents is 1. The lowest BCUT2D eigenvalue weighted by molar-refractivity contribution is -0.0371. The maximum Gasteiger partial charge on any atom is 0.254 e. The molecule has 2 rings (SSSR count). The van der Waals surface area contributed by atoms with Crippen molar-refractivity contribution in [2.24, 2.45) is 0 Å². The van der Waals surface area contributed by atoms with Crippen molar-refractivity contribution in [2.45, 2.75) is 19.1 Å². The molecule has 4 nitrogen and oxygen atoms in total. The van der Waals surface area contributed by atoms with E-state index in [0.29, 0.717) is 29.1 Å². The Morgan fingerprint density at radius 2 is 2.37 bits per heavy atom. The van der Waals surface area contributed by atoms with Crippen molar-refractivity contribution >= 4 is 33.4 Å². The molecule has 1 saturated heterocycles. The molecule has 2 unspecified atom stereocenters. The summed E-state index contributed by atoms with van der Waals surface area (Å²) >= 11 is 8.98. The lowest BCUT2D eigenvalue weighted by Gasteiger charge is -2.37. The molecule has 6 heteroatoms. The van der Waals surface area contributed by atoms with Gasteiger partial charge in [-0.2, -0.15) is 0 Å². The van der Waals surface area contributed by atoms with E-state index in [1.165, 1.54) is 6.07 Å². The first kappa shape index (κ1) is 14.6. The molecule has 1 heterocycles. The summed E-state index contributed by atoms with van der Waals surface area (Å²) in [6, 6.07) is 4.80. The van der Waals surface area contributed by atoms with Gasteiger partial charge in [0, 0.05) is 12.1 Å². The van der Waals surface area contributed by atoms with Crippen molar-refractivity contribution < 1.29 is 14.6 Å². The molecule has 1 aliphatic heterocycles. The fourth-order valence-corrected chi connectivity index (χ4v) is 2.44. The topological polar surface area (TPSA) is 49.8 Å². The second-order valence-corrected chi connectivity index (χ2v) is 5.75. The first-order valence-electron chi connectivity index (χ1n) is 6.00. The van der Waals surface area contributed by atoms with Crippen LogP contribution in [0.1, 0.15) is 17.3 Å². The van der Waals surface area contributed by atoms with Crippen LogP contribution >= 0.6 is 27.5 Å². The van der Waals surface area contributed by atoms with Crippen molar-refractivity contribution in [3.8, 4) is 5.75 Å². The second kappa shape index (κ2) is 6.11. The van der Waals surface area contributed by atoms with E-state index >= 15 is 0 Å². The molecule has 0 aliphatic carbocycles. The zero-order valence-electron chi connectivity index (χ0n) is 10.5. The Hall–Kier alpha value is -0.780. The van der Waals surface area contributed by atoms with Crippen LogP contribution in [0.2, 0.25) is 0 Å². The van der Waals surface area contributed by atoms with E-state index in [1.807, 2.05) is 6.92 Å². The van der Waals surface area contributed by atoms with Gasteiger partial charge in [0.15, 0.2) is 0 Å². The van der Waals surface area contributed by atoms with Gasteiger partial charge in [0.25, 0.3) is 5.91 Å². The van der Waals surface area contributed by atoms with Gasteiger partial charge in [0.2, 0.25) is 0 Å². The molecule has 104 valence electrons. The van der Waals surface area contributed by atoms with Gasteiger partial charge in [-0.1, -0.05) is 0 Å². The van der Waals surface area contributed by atoms with Crippen LogP contribution < -0.4 is 0 Å². The van der Waals surface area contributed by atoms with Gasteiger partial charge in [-0.3, -0.25) is 4.79 Å². The molecular weight excluding hydrogens is 334 g/mol. The van der Waals surface area contributed by atoms with E-state index in [-0.39, 0.29) is 23.8 Å². The van der Waals surface area contributed by atoms with E-state index in [0.717, 1.165) is 0 Å². The summed E-state index contributed by atoms with van der Waals surface area (Å²) in [4.78, 5) is 14.2. The molecule has 1 N–H and O–H groups in total. The highest BCUT2D eigenvalue weighted by Crippen LogP contribution is 2.26. The summed E-state index contributed by atoms with van der Waals surface area (Å²) in [7, 11) is 0. The minimum absolute atomic E-state index is 0.00208. The number of morpholine rings is 1. The van der Waals surface area contributed by atoms with E-state index in [1.54, 1.807) is 17.0 Å². The number of aromatic hydroxyl groups is 1. The summed E-state index contributed by atoms with van der Waals surface area (Å²) in [6.07, 6.45) is -0.133. The number of halogens is 2. The number of benzene rings is 1. The Balaban J connectivity index is 2.19. The number of carbonyl (C=O) groups excluding carboxylic acids is 1. The lowest BCUT2D eigenvalue weighted by Crippen LogP contribution is -2.51. The summed E-state index contributed by atoms with van der Waals surface area (Å²) in [5, 5.41) is 9.65. The molecule has 0 radical (unpaired) electrons. The predicted octanol–water partition coefficient (Wildman–Crippen LogP) is 2.62. The maximum atomic E-state index is 12.4. The van der Waals surface area contributed by atoms with Gasteiger partial charge in [-0.15, -0.1) is 11.6 Å². The molecule has 1 aromatic carbocycles. The minimum atomic E-state index is -0.133. The first-order valence-corrected chi connectivity index (χ1v) is 7.32. The van der Waals surface area contributed by atoms with Gasteiger partial charge >= 0.3 is 0 Å². The Morgan fingerprint density at radius 1 is 1.63 bits per heavy atom. The van der Waals surface area contributed by atoms with Gasteiger partial charge in [-0.25, -0.2) is 0 Å².